The smallest absolute Gasteiger partial charge is 0.270 e. The van der Waals surface area contributed by atoms with Gasteiger partial charge in [0.2, 0.25) is 5.91 Å². The van der Waals surface area contributed by atoms with Crippen LogP contribution in [0.2, 0.25) is 0 Å². The van der Waals surface area contributed by atoms with Gasteiger partial charge in [0, 0.05) is 32.1 Å². The van der Waals surface area contributed by atoms with Gasteiger partial charge in [0.25, 0.3) is 11.5 Å². The fourth-order valence-corrected chi connectivity index (χ4v) is 3.71. The molecule has 0 saturated carbocycles. The van der Waals surface area contributed by atoms with Gasteiger partial charge in [0.05, 0.1) is 18.2 Å². The molecule has 1 aromatic rings. The average molecular weight is 361 g/mol. The van der Waals surface area contributed by atoms with Crippen molar-refractivity contribution in [1.82, 2.24) is 14.8 Å². The molecule has 1 N–H and O–H groups in total. The normalized spacial score (nSPS) is 22.0. The Morgan fingerprint density at radius 3 is 2.62 bits per heavy atom. The Bertz CT molecular complexity index is 747. The maximum atomic E-state index is 12.7. The molecule has 3 rings (SSSR count). The van der Waals surface area contributed by atoms with Crippen LogP contribution < -0.4 is 10.9 Å². The van der Waals surface area contributed by atoms with Crippen molar-refractivity contribution < 1.29 is 14.3 Å². The molecule has 7 nitrogen and oxygen atoms in total. The van der Waals surface area contributed by atoms with Crippen molar-refractivity contribution in [3.05, 3.63) is 34.2 Å². The number of rotatable bonds is 3. The number of amides is 2. The number of nitrogens with one attached hydrogen (secondary N) is 1. The summed E-state index contributed by atoms with van der Waals surface area (Å²) in [6.07, 6.45) is 2.28. The Hall–Kier alpha value is -2.15. The molecule has 0 aromatic carbocycles. The van der Waals surface area contributed by atoms with Crippen LogP contribution in [-0.4, -0.2) is 52.6 Å². The minimum Gasteiger partial charge on any atom is -0.373 e. The van der Waals surface area contributed by atoms with Crippen molar-refractivity contribution in [3.8, 4) is 0 Å². The van der Waals surface area contributed by atoms with Crippen LogP contribution >= 0.6 is 0 Å². The summed E-state index contributed by atoms with van der Waals surface area (Å²) in [4.78, 5) is 38.1. The Morgan fingerprint density at radius 1 is 1.27 bits per heavy atom. The highest BCUT2D eigenvalue weighted by Crippen LogP contribution is 2.36. The zero-order chi connectivity index (χ0) is 18.9. The van der Waals surface area contributed by atoms with Crippen molar-refractivity contribution in [2.24, 2.45) is 13.0 Å². The molecule has 7 heteroatoms. The van der Waals surface area contributed by atoms with Gasteiger partial charge in [-0.1, -0.05) is 19.9 Å². The van der Waals surface area contributed by atoms with Crippen LogP contribution in [0.1, 0.15) is 43.6 Å². The zero-order valence-corrected chi connectivity index (χ0v) is 15.7. The summed E-state index contributed by atoms with van der Waals surface area (Å²) in [5, 5.41) is 3.04. The number of carbonyl (C=O) groups excluding carboxylic acids is 2. The van der Waals surface area contributed by atoms with Gasteiger partial charge >= 0.3 is 0 Å². The molecule has 0 unspecified atom stereocenters. The van der Waals surface area contributed by atoms with Gasteiger partial charge in [0.1, 0.15) is 5.69 Å². The van der Waals surface area contributed by atoms with Crippen molar-refractivity contribution in [2.75, 3.05) is 19.7 Å². The molecule has 26 heavy (non-hydrogen) atoms. The van der Waals surface area contributed by atoms with Crippen molar-refractivity contribution in [3.63, 3.8) is 0 Å². The second-order valence-corrected chi connectivity index (χ2v) is 7.66. The highest BCUT2D eigenvalue weighted by Gasteiger charge is 2.44. The Balaban J connectivity index is 1.59. The van der Waals surface area contributed by atoms with Gasteiger partial charge < -0.3 is 19.5 Å². The second-order valence-electron chi connectivity index (χ2n) is 7.66. The van der Waals surface area contributed by atoms with E-state index in [-0.39, 0.29) is 34.9 Å². The number of carbonyl (C=O) groups is 2. The maximum absolute atomic E-state index is 12.7. The highest BCUT2D eigenvalue weighted by molar-refractivity contribution is 5.92. The quantitative estimate of drug-likeness (QED) is 0.868. The molecule has 3 heterocycles. The maximum Gasteiger partial charge on any atom is 0.270 e. The Labute approximate surface area is 153 Å². The third-order valence-electron chi connectivity index (χ3n) is 5.45. The fraction of sp³-hybridized carbons (Fsp3) is 0.632. The lowest BCUT2D eigenvalue weighted by molar-refractivity contribution is -0.124. The molecule has 0 bridgehead atoms. The topological polar surface area (TPSA) is 80.6 Å². The van der Waals surface area contributed by atoms with Gasteiger partial charge in [-0.3, -0.25) is 14.4 Å². The Morgan fingerprint density at radius 2 is 1.96 bits per heavy atom. The lowest BCUT2D eigenvalue weighted by Gasteiger charge is -2.38. The van der Waals surface area contributed by atoms with Crippen LogP contribution in [0.4, 0.5) is 0 Å². The molecule has 142 valence electrons. The number of pyridine rings is 1. The zero-order valence-electron chi connectivity index (χ0n) is 15.7. The van der Waals surface area contributed by atoms with Crippen molar-refractivity contribution in [2.45, 2.75) is 44.8 Å². The average Bonchev–Trinajstić information content (AvgIpc) is 2.99. The van der Waals surface area contributed by atoms with E-state index in [1.165, 1.54) is 10.6 Å². The summed E-state index contributed by atoms with van der Waals surface area (Å²) < 4.78 is 7.43. The number of piperidine rings is 1. The molecule has 2 aliphatic rings. The van der Waals surface area contributed by atoms with E-state index in [0.29, 0.717) is 25.4 Å². The molecule has 0 aliphatic carbocycles. The number of ether oxygens (including phenoxy) is 1. The van der Waals surface area contributed by atoms with Gasteiger partial charge in [0.15, 0.2) is 0 Å². The lowest BCUT2D eigenvalue weighted by Crippen LogP contribution is -2.48. The van der Waals surface area contributed by atoms with Gasteiger partial charge in [-0.15, -0.1) is 0 Å². The number of hydrogen-bond acceptors (Lipinski definition) is 4. The molecule has 2 fully saturated rings. The van der Waals surface area contributed by atoms with E-state index in [4.69, 9.17) is 4.74 Å². The molecular weight excluding hydrogens is 334 g/mol. The number of aromatic nitrogens is 1. The second kappa shape index (κ2) is 7.23. The minimum absolute atomic E-state index is 0.0384. The van der Waals surface area contributed by atoms with E-state index in [1.54, 1.807) is 24.1 Å². The van der Waals surface area contributed by atoms with E-state index in [1.807, 2.05) is 13.8 Å². The summed E-state index contributed by atoms with van der Waals surface area (Å²) in [5.41, 5.74) is -0.0380. The van der Waals surface area contributed by atoms with Gasteiger partial charge in [-0.2, -0.15) is 0 Å². The summed E-state index contributed by atoms with van der Waals surface area (Å²) >= 11 is 0. The van der Waals surface area contributed by atoms with Crippen molar-refractivity contribution in [1.29, 1.82) is 0 Å². The largest absolute Gasteiger partial charge is 0.373 e. The van der Waals surface area contributed by atoms with E-state index in [9.17, 15) is 14.4 Å². The highest BCUT2D eigenvalue weighted by atomic mass is 16.5. The number of hydrogen-bond donors (Lipinski definition) is 1. The van der Waals surface area contributed by atoms with E-state index < -0.39 is 0 Å². The lowest BCUT2D eigenvalue weighted by atomic mass is 9.87. The molecule has 2 aliphatic heterocycles. The van der Waals surface area contributed by atoms with Crippen LogP contribution in [0.5, 0.6) is 0 Å². The molecule has 1 aromatic heterocycles. The predicted molar refractivity (Wildman–Crippen MR) is 96.9 cm³/mol. The third kappa shape index (κ3) is 3.67. The van der Waals surface area contributed by atoms with Gasteiger partial charge in [-0.05, 0) is 25.3 Å². The van der Waals surface area contributed by atoms with E-state index in [2.05, 4.69) is 5.32 Å². The number of likely N-dealkylation sites (tertiary alicyclic amines) is 1. The molecule has 2 saturated heterocycles. The molecule has 2 amide bonds. The van der Waals surface area contributed by atoms with Gasteiger partial charge in [-0.25, -0.2) is 0 Å². The molecule has 1 atom stereocenters. The predicted octanol–water partition coefficient (Wildman–Crippen LogP) is 0.921. The van der Waals surface area contributed by atoms with Crippen LogP contribution in [0, 0.1) is 5.92 Å². The molecule has 0 radical (unpaired) electrons. The fourth-order valence-electron chi connectivity index (χ4n) is 3.71. The molecular formula is C19H27N3O4. The first-order valence-corrected chi connectivity index (χ1v) is 9.21. The van der Waals surface area contributed by atoms with Crippen LogP contribution in [-0.2, 0) is 16.6 Å². The van der Waals surface area contributed by atoms with Crippen LogP contribution in [0.3, 0.4) is 0 Å². The monoisotopic (exact) mass is 361 g/mol. The van der Waals surface area contributed by atoms with Crippen LogP contribution in [0.25, 0.3) is 0 Å². The number of nitrogens with zero attached hydrogens (tertiary/aromatic N) is 2. The summed E-state index contributed by atoms with van der Waals surface area (Å²) in [6, 6.07) is 4.78. The van der Waals surface area contributed by atoms with Crippen LogP contribution in [0.15, 0.2) is 23.0 Å². The Kier molecular flexibility index (Phi) is 5.18. The standard InChI is InChI=1S/C19H27N3O4/c1-13(2)17(24)20-14-11-19(26-12-14)7-9-22(10-8-19)18(25)15-5-4-6-16(23)21(15)3/h4-6,13-14H,7-12H2,1-3H3,(H,20,24)/t14-/m1/s1. The summed E-state index contributed by atoms with van der Waals surface area (Å²) in [5.74, 6) is -0.112. The summed E-state index contributed by atoms with van der Waals surface area (Å²) in [7, 11) is 1.61. The first-order chi connectivity index (χ1) is 12.3. The van der Waals surface area contributed by atoms with E-state index in [0.717, 1.165) is 19.3 Å². The van der Waals surface area contributed by atoms with Crippen molar-refractivity contribution >= 4 is 11.8 Å². The third-order valence-corrected chi connectivity index (χ3v) is 5.45. The first-order valence-electron chi connectivity index (χ1n) is 9.21. The first kappa shape index (κ1) is 18.6. The SMILES string of the molecule is CC(C)C(=O)N[C@H]1COC2(CCN(C(=O)c3cccc(=O)n3C)CC2)C1. The van der Waals surface area contributed by atoms with E-state index >= 15 is 0 Å². The molecule has 1 spiro atoms. The summed E-state index contributed by atoms with van der Waals surface area (Å²) in [6.45, 7) is 5.46. The minimum atomic E-state index is -0.256.